The number of nitrogens with zero attached hydrogens (tertiary/aromatic N) is 1. The first-order valence-electron chi connectivity index (χ1n) is 5.67. The fourth-order valence-corrected chi connectivity index (χ4v) is 1.38. The number of nitrogens with one attached hydrogen (secondary N) is 1. The van der Waals surface area contributed by atoms with E-state index in [4.69, 9.17) is 0 Å². The molecule has 2 heteroatoms. The minimum Gasteiger partial charge on any atom is -0.315 e. The van der Waals surface area contributed by atoms with Crippen LogP contribution in [0, 0.1) is 11.8 Å². The standard InChI is InChI=1S/C12H24N2/c1-4-7-8-9-13-10-12-14(6-3)11-5-2/h13H,5-6,8-12H2,1-3H3. The van der Waals surface area contributed by atoms with Crippen LogP contribution in [0.1, 0.15) is 33.6 Å². The molecule has 2 nitrogen and oxygen atoms in total. The Hall–Kier alpha value is -0.520. The molecule has 0 aliphatic heterocycles. The molecule has 0 saturated heterocycles. The normalized spacial score (nSPS) is 10.0. The lowest BCUT2D eigenvalue weighted by Crippen LogP contribution is -2.32. The predicted octanol–water partition coefficient (Wildman–Crippen LogP) is 1.72. The van der Waals surface area contributed by atoms with Crippen LogP contribution in [0.4, 0.5) is 0 Å². The first-order chi connectivity index (χ1) is 6.85. The highest BCUT2D eigenvalue weighted by molar-refractivity contribution is 4.95. The maximum absolute atomic E-state index is 3.40. The second-order valence-corrected chi connectivity index (χ2v) is 3.36. The first-order valence-corrected chi connectivity index (χ1v) is 5.67. The molecule has 0 radical (unpaired) electrons. The average molecular weight is 196 g/mol. The van der Waals surface area contributed by atoms with E-state index in [1.807, 2.05) is 6.92 Å². The monoisotopic (exact) mass is 196 g/mol. The minimum atomic E-state index is 0.969. The largest absolute Gasteiger partial charge is 0.315 e. The molecular weight excluding hydrogens is 172 g/mol. The number of hydrogen-bond donors (Lipinski definition) is 1. The van der Waals surface area contributed by atoms with E-state index in [0.29, 0.717) is 0 Å². The van der Waals surface area contributed by atoms with Gasteiger partial charge in [0.1, 0.15) is 0 Å². The average Bonchev–Trinajstić information content (AvgIpc) is 2.21. The molecule has 0 atom stereocenters. The van der Waals surface area contributed by atoms with Crippen LogP contribution < -0.4 is 5.32 Å². The van der Waals surface area contributed by atoms with E-state index in [0.717, 1.165) is 32.6 Å². The number of rotatable bonds is 8. The summed E-state index contributed by atoms with van der Waals surface area (Å²) in [6.07, 6.45) is 2.21. The molecule has 0 fully saturated rings. The highest BCUT2D eigenvalue weighted by atomic mass is 15.1. The molecule has 0 heterocycles. The van der Waals surface area contributed by atoms with Crippen LogP contribution in [0.3, 0.4) is 0 Å². The molecule has 14 heavy (non-hydrogen) atoms. The highest BCUT2D eigenvalue weighted by Gasteiger charge is 1.98. The highest BCUT2D eigenvalue weighted by Crippen LogP contribution is 1.88. The van der Waals surface area contributed by atoms with Crippen molar-refractivity contribution < 1.29 is 0 Å². The van der Waals surface area contributed by atoms with Crippen LogP contribution >= 0.6 is 0 Å². The van der Waals surface area contributed by atoms with Crippen LogP contribution in [-0.2, 0) is 0 Å². The zero-order valence-electron chi connectivity index (χ0n) is 9.90. The molecule has 0 bridgehead atoms. The summed E-state index contributed by atoms with van der Waals surface area (Å²) in [4.78, 5) is 2.47. The topological polar surface area (TPSA) is 15.3 Å². The lowest BCUT2D eigenvalue weighted by atomic mass is 10.4. The molecule has 1 N–H and O–H groups in total. The zero-order valence-corrected chi connectivity index (χ0v) is 9.90. The second-order valence-electron chi connectivity index (χ2n) is 3.36. The molecule has 0 amide bonds. The molecule has 0 aliphatic rings. The third kappa shape index (κ3) is 8.10. The molecule has 0 aromatic carbocycles. The predicted molar refractivity (Wildman–Crippen MR) is 63.3 cm³/mol. The molecule has 0 spiro atoms. The molecule has 82 valence electrons. The second kappa shape index (κ2) is 10.6. The van der Waals surface area contributed by atoms with Crippen molar-refractivity contribution in [2.24, 2.45) is 0 Å². The third-order valence-electron chi connectivity index (χ3n) is 2.20. The Morgan fingerprint density at radius 2 is 1.93 bits per heavy atom. The van der Waals surface area contributed by atoms with E-state index < -0.39 is 0 Å². The number of hydrogen-bond acceptors (Lipinski definition) is 2. The van der Waals surface area contributed by atoms with Crippen molar-refractivity contribution in [2.75, 3.05) is 32.7 Å². The minimum absolute atomic E-state index is 0.969. The quantitative estimate of drug-likeness (QED) is 0.470. The lowest BCUT2D eigenvalue weighted by molar-refractivity contribution is 0.288. The van der Waals surface area contributed by atoms with E-state index in [1.54, 1.807) is 0 Å². The van der Waals surface area contributed by atoms with Gasteiger partial charge < -0.3 is 10.2 Å². The van der Waals surface area contributed by atoms with Crippen LogP contribution in [0.15, 0.2) is 0 Å². The van der Waals surface area contributed by atoms with Gasteiger partial charge in [-0.05, 0) is 26.4 Å². The molecule has 0 aliphatic carbocycles. The van der Waals surface area contributed by atoms with Crippen molar-refractivity contribution in [1.82, 2.24) is 10.2 Å². The van der Waals surface area contributed by atoms with Gasteiger partial charge in [0.15, 0.2) is 0 Å². The maximum atomic E-state index is 3.40. The van der Waals surface area contributed by atoms with Gasteiger partial charge in [0.25, 0.3) is 0 Å². The molecule has 0 rings (SSSR count). The van der Waals surface area contributed by atoms with Gasteiger partial charge in [-0.15, -0.1) is 11.8 Å². The van der Waals surface area contributed by atoms with Gasteiger partial charge in [-0.1, -0.05) is 13.8 Å². The van der Waals surface area contributed by atoms with Crippen LogP contribution in [-0.4, -0.2) is 37.6 Å². The van der Waals surface area contributed by atoms with E-state index >= 15 is 0 Å². The van der Waals surface area contributed by atoms with E-state index in [2.05, 4.69) is 35.9 Å². The van der Waals surface area contributed by atoms with Gasteiger partial charge in [-0.25, -0.2) is 0 Å². The van der Waals surface area contributed by atoms with Crippen LogP contribution in [0.5, 0.6) is 0 Å². The smallest absolute Gasteiger partial charge is 0.0214 e. The Bertz CT molecular complexity index is 167. The van der Waals surface area contributed by atoms with Crippen molar-refractivity contribution in [3.63, 3.8) is 0 Å². The van der Waals surface area contributed by atoms with Gasteiger partial charge in [-0.2, -0.15) is 0 Å². The van der Waals surface area contributed by atoms with Gasteiger partial charge in [0.05, 0.1) is 0 Å². The maximum Gasteiger partial charge on any atom is 0.0214 e. The van der Waals surface area contributed by atoms with Gasteiger partial charge >= 0.3 is 0 Å². The SMILES string of the molecule is CC#CCCNCCN(CC)CCC. The Balaban J connectivity index is 3.26. The van der Waals surface area contributed by atoms with E-state index in [9.17, 15) is 0 Å². The molecule has 0 aromatic rings. The summed E-state index contributed by atoms with van der Waals surface area (Å²) in [5, 5.41) is 3.40. The molecular formula is C12H24N2. The fraction of sp³-hybridized carbons (Fsp3) is 0.833. The lowest BCUT2D eigenvalue weighted by Gasteiger charge is -2.19. The summed E-state index contributed by atoms with van der Waals surface area (Å²) in [5.41, 5.74) is 0. The van der Waals surface area contributed by atoms with Crippen molar-refractivity contribution in [1.29, 1.82) is 0 Å². The van der Waals surface area contributed by atoms with Crippen molar-refractivity contribution in [3.8, 4) is 11.8 Å². The third-order valence-corrected chi connectivity index (χ3v) is 2.20. The first kappa shape index (κ1) is 13.5. The molecule has 0 saturated carbocycles. The summed E-state index contributed by atoms with van der Waals surface area (Å²) in [6.45, 7) is 12.0. The fourth-order valence-electron chi connectivity index (χ4n) is 1.38. The molecule has 0 aromatic heterocycles. The Morgan fingerprint density at radius 3 is 2.50 bits per heavy atom. The summed E-state index contributed by atoms with van der Waals surface area (Å²) in [5.74, 6) is 5.95. The summed E-state index contributed by atoms with van der Waals surface area (Å²) < 4.78 is 0. The Labute approximate surface area is 89.1 Å². The van der Waals surface area contributed by atoms with E-state index in [-0.39, 0.29) is 0 Å². The summed E-state index contributed by atoms with van der Waals surface area (Å²) >= 11 is 0. The molecule has 0 unspecified atom stereocenters. The van der Waals surface area contributed by atoms with Crippen molar-refractivity contribution in [3.05, 3.63) is 0 Å². The van der Waals surface area contributed by atoms with Crippen molar-refractivity contribution in [2.45, 2.75) is 33.6 Å². The Kier molecular flexibility index (Phi) is 10.2. The van der Waals surface area contributed by atoms with Gasteiger partial charge in [-0.3, -0.25) is 0 Å². The van der Waals surface area contributed by atoms with Gasteiger partial charge in [0.2, 0.25) is 0 Å². The van der Waals surface area contributed by atoms with Crippen LogP contribution in [0.2, 0.25) is 0 Å². The number of likely N-dealkylation sites (N-methyl/N-ethyl adjacent to an activating group) is 1. The Morgan fingerprint density at radius 1 is 1.14 bits per heavy atom. The zero-order chi connectivity index (χ0) is 10.6. The van der Waals surface area contributed by atoms with E-state index in [1.165, 1.54) is 13.0 Å². The van der Waals surface area contributed by atoms with Crippen LogP contribution in [0.25, 0.3) is 0 Å². The summed E-state index contributed by atoms with van der Waals surface area (Å²) in [7, 11) is 0. The summed E-state index contributed by atoms with van der Waals surface area (Å²) in [6, 6.07) is 0. The van der Waals surface area contributed by atoms with Crippen molar-refractivity contribution >= 4 is 0 Å². The van der Waals surface area contributed by atoms with Gasteiger partial charge in [0, 0.05) is 26.1 Å².